The third kappa shape index (κ3) is 3.19. The van der Waals surface area contributed by atoms with E-state index in [-0.39, 0.29) is 11.9 Å². The first kappa shape index (κ1) is 15.0. The summed E-state index contributed by atoms with van der Waals surface area (Å²) in [5.41, 5.74) is 1.50. The fraction of sp³-hybridized carbons (Fsp3) is 0.571. The molecule has 1 aliphatic rings. The zero-order valence-electron chi connectivity index (χ0n) is 11.9. The Morgan fingerprint density at radius 3 is 2.75 bits per heavy atom. The molecule has 0 spiro atoms. The van der Waals surface area contributed by atoms with E-state index in [1.807, 2.05) is 5.38 Å². The summed E-state index contributed by atoms with van der Waals surface area (Å²) in [7, 11) is 1.47. The molecule has 1 aromatic heterocycles. The highest BCUT2D eigenvalue weighted by Crippen LogP contribution is 2.46. The first-order valence-corrected chi connectivity index (χ1v) is 7.58. The van der Waals surface area contributed by atoms with E-state index < -0.39 is 6.10 Å². The molecule has 0 bridgehead atoms. The fourth-order valence-corrected chi connectivity index (χ4v) is 2.93. The van der Waals surface area contributed by atoms with Gasteiger partial charge in [-0.15, -0.1) is 11.3 Å². The molecule has 0 saturated heterocycles. The molecule has 1 atom stereocenters. The number of hydrogen-bond donors (Lipinski definition) is 1. The van der Waals surface area contributed by atoms with Crippen LogP contribution >= 0.6 is 11.3 Å². The molecule has 2 rings (SSSR count). The Bertz CT molecular complexity index is 507. The Hall–Kier alpha value is -1.40. The van der Waals surface area contributed by atoms with Gasteiger partial charge in [0.25, 0.3) is 5.91 Å². The second kappa shape index (κ2) is 6.37. The Morgan fingerprint density at radius 2 is 2.20 bits per heavy atom. The van der Waals surface area contributed by atoms with Crippen LogP contribution in [0.5, 0.6) is 0 Å². The lowest BCUT2D eigenvalue weighted by Crippen LogP contribution is -2.27. The van der Waals surface area contributed by atoms with Crippen LogP contribution in [-0.2, 0) is 14.3 Å². The summed E-state index contributed by atoms with van der Waals surface area (Å²) in [4.78, 5) is 24.0. The van der Waals surface area contributed by atoms with Crippen molar-refractivity contribution in [1.82, 2.24) is 0 Å². The van der Waals surface area contributed by atoms with Gasteiger partial charge in [-0.05, 0) is 43.6 Å². The molecule has 0 radical (unpaired) electrons. The van der Waals surface area contributed by atoms with Gasteiger partial charge in [-0.25, -0.2) is 4.79 Å². The van der Waals surface area contributed by atoms with E-state index >= 15 is 0 Å². The zero-order valence-corrected chi connectivity index (χ0v) is 12.7. The van der Waals surface area contributed by atoms with Crippen LogP contribution in [0.1, 0.15) is 48.5 Å². The molecule has 1 amide bonds. The minimum Gasteiger partial charge on any atom is -0.462 e. The predicted molar refractivity (Wildman–Crippen MR) is 77.4 cm³/mol. The molecule has 5 nitrogen and oxygen atoms in total. The molecule has 1 aliphatic carbocycles. The van der Waals surface area contributed by atoms with E-state index in [1.54, 1.807) is 13.8 Å². The molecule has 1 fully saturated rings. The van der Waals surface area contributed by atoms with Crippen molar-refractivity contribution < 1.29 is 19.1 Å². The molecule has 110 valence electrons. The van der Waals surface area contributed by atoms with Crippen LogP contribution in [0.2, 0.25) is 0 Å². The van der Waals surface area contributed by atoms with Crippen LogP contribution in [-0.4, -0.2) is 31.7 Å². The van der Waals surface area contributed by atoms with Gasteiger partial charge in [0.1, 0.15) is 11.1 Å². The van der Waals surface area contributed by atoms with Crippen molar-refractivity contribution in [3.05, 3.63) is 16.5 Å². The Morgan fingerprint density at radius 1 is 1.50 bits per heavy atom. The van der Waals surface area contributed by atoms with Gasteiger partial charge in [-0.3, -0.25) is 4.79 Å². The number of esters is 1. The summed E-state index contributed by atoms with van der Waals surface area (Å²) in [6, 6.07) is 0. The van der Waals surface area contributed by atoms with Crippen LogP contribution in [0.3, 0.4) is 0 Å². The van der Waals surface area contributed by atoms with Crippen molar-refractivity contribution >= 4 is 28.2 Å². The lowest BCUT2D eigenvalue weighted by molar-refractivity contribution is -0.124. The first-order chi connectivity index (χ1) is 9.58. The van der Waals surface area contributed by atoms with Crippen molar-refractivity contribution in [2.75, 3.05) is 19.0 Å². The molecule has 0 aliphatic heterocycles. The van der Waals surface area contributed by atoms with E-state index in [2.05, 4.69) is 5.32 Å². The SMILES string of the molecule is CCOC(=O)c1c(C2CC2)csc1NC(=O)C(C)OC. The Balaban J connectivity index is 2.23. The molecule has 1 saturated carbocycles. The van der Waals surface area contributed by atoms with Gasteiger partial charge in [0, 0.05) is 7.11 Å². The quantitative estimate of drug-likeness (QED) is 0.820. The topological polar surface area (TPSA) is 64.6 Å². The van der Waals surface area contributed by atoms with E-state index in [1.165, 1.54) is 18.4 Å². The van der Waals surface area contributed by atoms with Gasteiger partial charge in [-0.1, -0.05) is 0 Å². The summed E-state index contributed by atoms with van der Waals surface area (Å²) in [6.45, 7) is 3.75. The number of ether oxygens (including phenoxy) is 2. The third-order valence-corrected chi connectivity index (χ3v) is 4.19. The van der Waals surface area contributed by atoms with E-state index in [0.29, 0.717) is 23.1 Å². The molecular formula is C14H19NO4S. The molecule has 1 aromatic rings. The maximum absolute atomic E-state index is 12.1. The lowest BCUT2D eigenvalue weighted by Gasteiger charge is -2.11. The summed E-state index contributed by atoms with van der Waals surface area (Å²) in [6.07, 6.45) is 1.62. The van der Waals surface area contributed by atoms with Crippen molar-refractivity contribution in [3.8, 4) is 0 Å². The van der Waals surface area contributed by atoms with Crippen molar-refractivity contribution in [3.63, 3.8) is 0 Å². The number of carbonyl (C=O) groups excluding carboxylic acids is 2. The number of nitrogens with one attached hydrogen (secondary N) is 1. The Kier molecular flexibility index (Phi) is 4.77. The minimum absolute atomic E-state index is 0.262. The summed E-state index contributed by atoms with van der Waals surface area (Å²) in [5, 5.41) is 5.25. The van der Waals surface area contributed by atoms with Gasteiger partial charge < -0.3 is 14.8 Å². The molecule has 6 heteroatoms. The second-order valence-electron chi connectivity index (χ2n) is 4.76. The van der Waals surface area contributed by atoms with Gasteiger partial charge in [0.2, 0.25) is 0 Å². The molecule has 0 aromatic carbocycles. The molecule has 20 heavy (non-hydrogen) atoms. The molecular weight excluding hydrogens is 278 g/mol. The van der Waals surface area contributed by atoms with Crippen LogP contribution in [0.25, 0.3) is 0 Å². The van der Waals surface area contributed by atoms with Crippen molar-refractivity contribution in [2.24, 2.45) is 0 Å². The maximum atomic E-state index is 12.1. The molecule has 1 N–H and O–H groups in total. The highest BCUT2D eigenvalue weighted by molar-refractivity contribution is 7.15. The number of carbonyl (C=O) groups is 2. The second-order valence-corrected chi connectivity index (χ2v) is 5.64. The van der Waals surface area contributed by atoms with E-state index in [9.17, 15) is 9.59 Å². The van der Waals surface area contributed by atoms with Crippen LogP contribution in [0.15, 0.2) is 5.38 Å². The summed E-state index contributed by atoms with van der Waals surface area (Å²) >= 11 is 1.37. The Labute approximate surface area is 122 Å². The average Bonchev–Trinajstić information content (AvgIpc) is 3.19. The summed E-state index contributed by atoms with van der Waals surface area (Å²) in [5.74, 6) is -0.200. The normalized spacial score (nSPS) is 15.8. The highest BCUT2D eigenvalue weighted by atomic mass is 32.1. The summed E-state index contributed by atoms with van der Waals surface area (Å²) < 4.78 is 10.1. The number of thiophene rings is 1. The van der Waals surface area contributed by atoms with Crippen molar-refractivity contribution in [2.45, 2.75) is 38.7 Å². The molecule has 1 heterocycles. The average molecular weight is 297 g/mol. The van der Waals surface area contributed by atoms with Gasteiger partial charge >= 0.3 is 5.97 Å². The largest absolute Gasteiger partial charge is 0.462 e. The van der Waals surface area contributed by atoms with Gasteiger partial charge in [0.05, 0.1) is 12.2 Å². The monoisotopic (exact) mass is 297 g/mol. The van der Waals surface area contributed by atoms with E-state index in [4.69, 9.17) is 9.47 Å². The van der Waals surface area contributed by atoms with Crippen molar-refractivity contribution in [1.29, 1.82) is 0 Å². The molecule has 1 unspecified atom stereocenters. The minimum atomic E-state index is -0.559. The number of anilines is 1. The number of methoxy groups -OCH3 is 1. The third-order valence-electron chi connectivity index (χ3n) is 3.28. The zero-order chi connectivity index (χ0) is 14.7. The van der Waals surface area contributed by atoms with E-state index in [0.717, 1.165) is 18.4 Å². The smallest absolute Gasteiger partial charge is 0.341 e. The van der Waals surface area contributed by atoms with Crippen LogP contribution in [0, 0.1) is 0 Å². The first-order valence-electron chi connectivity index (χ1n) is 6.70. The van der Waals surface area contributed by atoms with Crippen LogP contribution < -0.4 is 5.32 Å². The number of hydrogen-bond acceptors (Lipinski definition) is 5. The number of amides is 1. The fourth-order valence-electron chi connectivity index (χ4n) is 1.89. The number of rotatable bonds is 6. The van der Waals surface area contributed by atoms with Gasteiger partial charge in [0.15, 0.2) is 0 Å². The van der Waals surface area contributed by atoms with Gasteiger partial charge in [-0.2, -0.15) is 0 Å². The van der Waals surface area contributed by atoms with Crippen LogP contribution in [0.4, 0.5) is 5.00 Å². The predicted octanol–water partition coefficient (Wildman–Crippen LogP) is 2.78. The standard InChI is InChI=1S/C14H19NO4S/c1-4-19-14(17)11-10(9-5-6-9)7-20-13(11)15-12(16)8(2)18-3/h7-9H,4-6H2,1-3H3,(H,15,16). The lowest BCUT2D eigenvalue weighted by atomic mass is 10.1. The maximum Gasteiger partial charge on any atom is 0.341 e. The highest BCUT2D eigenvalue weighted by Gasteiger charge is 2.32.